The van der Waals surface area contributed by atoms with Gasteiger partial charge in [-0.15, -0.1) is 0 Å². The molecule has 2 aromatic carbocycles. The number of nitrogens with zero attached hydrogens (tertiary/aromatic N) is 2. The second-order valence-corrected chi connectivity index (χ2v) is 7.49. The molecular weight excluding hydrogens is 430 g/mol. The molecule has 1 atom stereocenters. The number of carbonyl (C=O) groups excluding carboxylic acids is 1. The van der Waals surface area contributed by atoms with E-state index in [2.05, 4.69) is 15.3 Å². The summed E-state index contributed by atoms with van der Waals surface area (Å²) in [4.78, 5) is 33.0. The number of benzene rings is 2. The molecule has 2 aromatic heterocycles. The van der Waals surface area contributed by atoms with Gasteiger partial charge in [-0.25, -0.2) is 9.78 Å². The summed E-state index contributed by atoms with van der Waals surface area (Å²) in [5, 5.41) is 13.4. The molecule has 0 unspecified atom stereocenters. The quantitative estimate of drug-likeness (QED) is 0.417. The number of fused-ring (bicyclic) bond motifs is 1. The Morgan fingerprint density at radius 3 is 2.66 bits per heavy atom. The molecule has 0 bridgehead atoms. The summed E-state index contributed by atoms with van der Waals surface area (Å²) in [7, 11) is 0. The summed E-state index contributed by atoms with van der Waals surface area (Å²) in [5.74, 6) is -1.04. The van der Waals surface area contributed by atoms with Gasteiger partial charge in [0.15, 0.2) is 0 Å². The highest BCUT2D eigenvalue weighted by Gasteiger charge is 2.21. The van der Waals surface area contributed by atoms with E-state index in [0.717, 1.165) is 10.9 Å². The van der Waals surface area contributed by atoms with E-state index >= 15 is 0 Å². The minimum Gasteiger partial charge on any atom is -0.478 e. The summed E-state index contributed by atoms with van der Waals surface area (Å²) in [6, 6.07) is 16.5. The average molecular weight is 448 g/mol. The van der Waals surface area contributed by atoms with Gasteiger partial charge in [0.2, 0.25) is 5.88 Å². The molecule has 0 aliphatic carbocycles. The fourth-order valence-electron chi connectivity index (χ4n) is 3.31. The summed E-state index contributed by atoms with van der Waals surface area (Å²) in [6.45, 7) is 1.70. The molecule has 1 amide bonds. The zero-order chi connectivity index (χ0) is 22.7. The van der Waals surface area contributed by atoms with Gasteiger partial charge < -0.3 is 15.2 Å². The van der Waals surface area contributed by atoms with Crippen LogP contribution in [0.2, 0.25) is 5.02 Å². The van der Waals surface area contributed by atoms with Crippen LogP contribution >= 0.6 is 11.6 Å². The average Bonchev–Trinajstić information content (AvgIpc) is 2.80. The van der Waals surface area contributed by atoms with Gasteiger partial charge in [-0.3, -0.25) is 9.78 Å². The fourth-order valence-corrected chi connectivity index (χ4v) is 3.47. The lowest BCUT2D eigenvalue weighted by molar-refractivity contribution is 0.0693. The molecule has 0 spiro atoms. The predicted octanol–water partition coefficient (Wildman–Crippen LogP) is 5.26. The Morgan fingerprint density at radius 2 is 1.84 bits per heavy atom. The van der Waals surface area contributed by atoms with Crippen molar-refractivity contribution in [1.29, 1.82) is 0 Å². The smallest absolute Gasteiger partial charge is 0.336 e. The monoisotopic (exact) mass is 447 g/mol. The molecule has 7 nitrogen and oxygen atoms in total. The van der Waals surface area contributed by atoms with Crippen molar-refractivity contribution < 1.29 is 19.4 Å². The Kier molecular flexibility index (Phi) is 6.00. The van der Waals surface area contributed by atoms with Crippen LogP contribution < -0.4 is 10.1 Å². The molecule has 0 aliphatic rings. The highest BCUT2D eigenvalue weighted by atomic mass is 35.5. The summed E-state index contributed by atoms with van der Waals surface area (Å²) in [6.07, 6.45) is 3.07. The van der Waals surface area contributed by atoms with E-state index in [0.29, 0.717) is 11.3 Å². The maximum absolute atomic E-state index is 13.0. The van der Waals surface area contributed by atoms with Crippen LogP contribution in [0.15, 0.2) is 73.1 Å². The van der Waals surface area contributed by atoms with E-state index in [1.54, 1.807) is 43.5 Å². The number of hydrogen-bond acceptors (Lipinski definition) is 5. The first kappa shape index (κ1) is 21.3. The van der Waals surface area contributed by atoms with Crippen molar-refractivity contribution in [2.75, 3.05) is 0 Å². The van der Waals surface area contributed by atoms with Gasteiger partial charge in [0.05, 0.1) is 22.1 Å². The van der Waals surface area contributed by atoms with Gasteiger partial charge >= 0.3 is 5.97 Å². The number of hydrogen-bond donors (Lipinski definition) is 2. The molecule has 0 radical (unpaired) electrons. The number of carbonyl (C=O) groups is 2. The molecule has 2 N–H and O–H groups in total. The first-order valence-electron chi connectivity index (χ1n) is 9.73. The molecule has 0 fully saturated rings. The van der Waals surface area contributed by atoms with Crippen LogP contribution in [0.1, 0.15) is 39.2 Å². The lowest BCUT2D eigenvalue weighted by atomic mass is 10.0. The third-order valence-electron chi connectivity index (χ3n) is 4.86. The number of nitrogens with one attached hydrogen (secondary N) is 1. The van der Waals surface area contributed by atoms with E-state index in [1.165, 1.54) is 18.3 Å². The van der Waals surface area contributed by atoms with Crippen LogP contribution in [0.5, 0.6) is 11.6 Å². The van der Waals surface area contributed by atoms with Crippen molar-refractivity contribution in [1.82, 2.24) is 15.3 Å². The van der Waals surface area contributed by atoms with Gasteiger partial charge in [-0.05, 0) is 42.8 Å². The largest absolute Gasteiger partial charge is 0.478 e. The number of aromatic carboxylic acids is 1. The van der Waals surface area contributed by atoms with Gasteiger partial charge in [-0.1, -0.05) is 35.9 Å². The number of pyridine rings is 2. The van der Waals surface area contributed by atoms with E-state index in [-0.39, 0.29) is 22.0 Å². The fraction of sp³-hybridized carbons (Fsp3) is 0.0833. The van der Waals surface area contributed by atoms with Crippen LogP contribution in [-0.2, 0) is 0 Å². The molecule has 8 heteroatoms. The standard InChI is InChI=1S/C24H18ClN3O4/c1-14(18-6-2-3-7-19(18)24(30)31)28-22(29)20-11-16(25)13-27-23(20)32-17-9-8-15-5-4-10-26-21(15)12-17/h2-14H,1H3,(H,28,29)(H,30,31)/t14-/m0/s1. The Labute approximate surface area is 188 Å². The van der Waals surface area contributed by atoms with Crippen molar-refractivity contribution in [3.05, 3.63) is 94.8 Å². The predicted molar refractivity (Wildman–Crippen MR) is 120 cm³/mol. The molecule has 2 heterocycles. The number of aromatic nitrogens is 2. The van der Waals surface area contributed by atoms with E-state index in [4.69, 9.17) is 16.3 Å². The minimum absolute atomic E-state index is 0.0703. The second-order valence-electron chi connectivity index (χ2n) is 7.05. The molecule has 0 aliphatic heterocycles. The first-order valence-corrected chi connectivity index (χ1v) is 10.1. The molecule has 32 heavy (non-hydrogen) atoms. The van der Waals surface area contributed by atoms with Crippen LogP contribution in [0.4, 0.5) is 0 Å². The van der Waals surface area contributed by atoms with Crippen LogP contribution in [0.25, 0.3) is 10.9 Å². The normalized spacial score (nSPS) is 11.7. The number of carboxylic acid groups (broad SMARTS) is 1. The lowest BCUT2D eigenvalue weighted by Crippen LogP contribution is -2.28. The van der Waals surface area contributed by atoms with Crippen molar-refractivity contribution in [3.8, 4) is 11.6 Å². The molecule has 4 rings (SSSR count). The third kappa shape index (κ3) is 4.53. The highest BCUT2D eigenvalue weighted by molar-refractivity contribution is 6.30. The van der Waals surface area contributed by atoms with Gasteiger partial charge in [0, 0.05) is 23.8 Å². The molecule has 0 saturated carbocycles. The number of carboxylic acids is 1. The Hall–Kier alpha value is -3.97. The molecule has 4 aromatic rings. The maximum atomic E-state index is 13.0. The van der Waals surface area contributed by atoms with Crippen molar-refractivity contribution >= 4 is 34.4 Å². The summed E-state index contributed by atoms with van der Waals surface area (Å²) >= 11 is 6.08. The second kappa shape index (κ2) is 9.03. The van der Waals surface area contributed by atoms with Gasteiger partial charge in [0.1, 0.15) is 11.3 Å². The number of halogens is 1. The van der Waals surface area contributed by atoms with E-state index in [1.807, 2.05) is 18.2 Å². The molecular formula is C24H18ClN3O4. The SMILES string of the molecule is C[C@H](NC(=O)c1cc(Cl)cnc1Oc1ccc2cccnc2c1)c1ccccc1C(=O)O. The Morgan fingerprint density at radius 1 is 1.03 bits per heavy atom. The Balaban J connectivity index is 1.61. The first-order chi connectivity index (χ1) is 15.4. The van der Waals surface area contributed by atoms with E-state index in [9.17, 15) is 14.7 Å². The van der Waals surface area contributed by atoms with Gasteiger partial charge in [0.25, 0.3) is 5.91 Å². The van der Waals surface area contributed by atoms with Crippen LogP contribution in [0.3, 0.4) is 0 Å². The maximum Gasteiger partial charge on any atom is 0.336 e. The van der Waals surface area contributed by atoms with E-state index < -0.39 is 17.9 Å². The summed E-state index contributed by atoms with van der Waals surface area (Å²) < 4.78 is 5.88. The van der Waals surface area contributed by atoms with Crippen LogP contribution in [-0.4, -0.2) is 27.0 Å². The summed E-state index contributed by atoms with van der Waals surface area (Å²) in [5.41, 5.74) is 1.46. The molecule has 0 saturated heterocycles. The van der Waals surface area contributed by atoms with Crippen molar-refractivity contribution in [3.63, 3.8) is 0 Å². The topological polar surface area (TPSA) is 101 Å². The zero-order valence-corrected chi connectivity index (χ0v) is 17.7. The number of rotatable bonds is 6. The minimum atomic E-state index is -1.07. The van der Waals surface area contributed by atoms with Gasteiger partial charge in [-0.2, -0.15) is 0 Å². The van der Waals surface area contributed by atoms with Crippen molar-refractivity contribution in [2.45, 2.75) is 13.0 Å². The third-order valence-corrected chi connectivity index (χ3v) is 5.07. The van der Waals surface area contributed by atoms with Crippen LogP contribution in [0, 0.1) is 0 Å². The van der Waals surface area contributed by atoms with Crippen molar-refractivity contribution in [2.24, 2.45) is 0 Å². The zero-order valence-electron chi connectivity index (χ0n) is 16.9. The number of ether oxygens (including phenoxy) is 1. The highest BCUT2D eigenvalue weighted by Crippen LogP contribution is 2.28. The number of amides is 1. The lowest BCUT2D eigenvalue weighted by Gasteiger charge is -2.17. The molecule has 160 valence electrons. The Bertz CT molecular complexity index is 1330.